The van der Waals surface area contributed by atoms with E-state index >= 15 is 0 Å². The van der Waals surface area contributed by atoms with Crippen LogP contribution < -0.4 is 5.32 Å². The number of nitrogens with zero attached hydrogens (tertiary/aromatic N) is 2. The van der Waals surface area contributed by atoms with Gasteiger partial charge >= 0.3 is 0 Å². The minimum atomic E-state index is -0.998. The molecule has 1 aromatic heterocycles. The van der Waals surface area contributed by atoms with Crippen molar-refractivity contribution >= 4 is 22.5 Å². The summed E-state index contributed by atoms with van der Waals surface area (Å²) in [7, 11) is -0.998. The summed E-state index contributed by atoms with van der Waals surface area (Å²) in [4.78, 5) is 13.8. The highest BCUT2D eigenvalue weighted by molar-refractivity contribution is 7.83. The van der Waals surface area contributed by atoms with Crippen LogP contribution in [-0.2, 0) is 27.1 Å². The first-order chi connectivity index (χ1) is 16.0. The van der Waals surface area contributed by atoms with E-state index in [-0.39, 0.29) is 5.91 Å². The average molecular weight is 456 g/mol. The van der Waals surface area contributed by atoms with Gasteiger partial charge in [0.15, 0.2) is 0 Å². The summed E-state index contributed by atoms with van der Waals surface area (Å²) >= 11 is 0. The number of hydrogen-bond acceptors (Lipinski definition) is 3. The number of carbonyl (C=O) groups is 1. The van der Waals surface area contributed by atoms with Crippen molar-refractivity contribution in [2.75, 3.05) is 5.32 Å². The summed E-state index contributed by atoms with van der Waals surface area (Å²) in [6.07, 6.45) is 0. The molecule has 6 heteroatoms. The molecule has 166 valence electrons. The molecule has 1 atom stereocenters. The third kappa shape index (κ3) is 4.02. The van der Waals surface area contributed by atoms with Gasteiger partial charge in [0.1, 0.15) is 5.82 Å². The Balaban J connectivity index is 1.60. The van der Waals surface area contributed by atoms with Crippen LogP contribution in [0.15, 0.2) is 78.9 Å². The van der Waals surface area contributed by atoms with Crippen molar-refractivity contribution < 1.29 is 9.00 Å². The van der Waals surface area contributed by atoms with Crippen LogP contribution in [0.4, 0.5) is 5.82 Å². The fourth-order valence-corrected chi connectivity index (χ4v) is 5.63. The largest absolute Gasteiger partial charge is 0.309 e. The first-order valence-electron chi connectivity index (χ1n) is 11.0. The number of hydrogen-bond donors (Lipinski definition) is 1. The number of carbonyl (C=O) groups excluding carboxylic acids is 1. The Morgan fingerprint density at radius 1 is 0.909 bits per heavy atom. The van der Waals surface area contributed by atoms with Gasteiger partial charge in [-0.05, 0) is 42.2 Å². The summed E-state index contributed by atoms with van der Waals surface area (Å²) in [6, 6.07) is 25.6. The topological polar surface area (TPSA) is 64.0 Å². The quantitative estimate of drug-likeness (QED) is 0.459. The van der Waals surface area contributed by atoms with Gasteiger partial charge in [0.25, 0.3) is 0 Å². The predicted molar refractivity (Wildman–Crippen MR) is 132 cm³/mol. The molecule has 3 aromatic carbocycles. The summed E-state index contributed by atoms with van der Waals surface area (Å²) in [5.74, 6) is 0.816. The van der Waals surface area contributed by atoms with Crippen molar-refractivity contribution in [2.45, 2.75) is 31.3 Å². The maximum absolute atomic E-state index is 13.8. The van der Waals surface area contributed by atoms with Gasteiger partial charge in [0, 0.05) is 16.4 Å². The van der Waals surface area contributed by atoms with Gasteiger partial charge < -0.3 is 5.32 Å². The second-order valence-electron chi connectivity index (χ2n) is 8.38. The molecule has 0 radical (unpaired) electrons. The lowest BCUT2D eigenvalue weighted by molar-refractivity contribution is -0.116. The summed E-state index contributed by atoms with van der Waals surface area (Å²) in [5, 5.41) is 7.96. The lowest BCUT2D eigenvalue weighted by atomic mass is 9.90. The van der Waals surface area contributed by atoms with Gasteiger partial charge in [-0.3, -0.25) is 9.00 Å². The van der Waals surface area contributed by atoms with Gasteiger partial charge in [-0.2, -0.15) is 5.10 Å². The van der Waals surface area contributed by atoms with Crippen molar-refractivity contribution in [3.8, 4) is 5.69 Å². The standard InChI is InChI=1S/C27H25N3O2S/c1-18-10-9-15-24(19(18)2)30-26(22-16-33(32)17-23(22)29-30)28-27(31)25(20-11-5-3-6-12-20)21-13-7-4-8-14-21/h3-15,25H,16-17H2,1-2H3,(H,28,31). The molecule has 4 aromatic rings. The van der Waals surface area contributed by atoms with E-state index in [0.717, 1.165) is 39.2 Å². The molecule has 1 aliphatic rings. The van der Waals surface area contributed by atoms with Crippen LogP contribution in [-0.4, -0.2) is 19.9 Å². The molecular weight excluding hydrogens is 430 g/mol. The Bertz CT molecular complexity index is 1310. The first kappa shape index (κ1) is 21.3. The fraction of sp³-hybridized carbons (Fsp3) is 0.185. The van der Waals surface area contributed by atoms with E-state index in [4.69, 9.17) is 5.10 Å². The molecule has 1 unspecified atom stereocenters. The monoisotopic (exact) mass is 455 g/mol. The molecule has 33 heavy (non-hydrogen) atoms. The zero-order valence-electron chi connectivity index (χ0n) is 18.6. The van der Waals surface area contributed by atoms with E-state index in [2.05, 4.69) is 25.2 Å². The van der Waals surface area contributed by atoms with Crippen molar-refractivity contribution in [1.82, 2.24) is 9.78 Å². The van der Waals surface area contributed by atoms with Gasteiger partial charge in [-0.15, -0.1) is 0 Å². The molecule has 0 bridgehead atoms. The van der Waals surface area contributed by atoms with E-state index in [1.54, 1.807) is 0 Å². The molecule has 1 amide bonds. The molecule has 0 saturated heterocycles. The number of aryl methyl sites for hydroxylation is 1. The number of benzene rings is 3. The first-order valence-corrected chi connectivity index (χ1v) is 12.4. The number of nitrogens with one attached hydrogen (secondary N) is 1. The molecule has 2 heterocycles. The molecule has 0 spiro atoms. The van der Waals surface area contributed by atoms with E-state index in [1.165, 1.54) is 0 Å². The maximum atomic E-state index is 13.8. The van der Waals surface area contributed by atoms with Crippen molar-refractivity contribution in [1.29, 1.82) is 0 Å². The Hall–Kier alpha value is -3.51. The van der Waals surface area contributed by atoms with E-state index in [9.17, 15) is 9.00 Å². The third-order valence-corrected chi connectivity index (χ3v) is 7.45. The summed E-state index contributed by atoms with van der Waals surface area (Å²) < 4.78 is 14.1. The van der Waals surface area contributed by atoms with Gasteiger partial charge in [-0.1, -0.05) is 72.8 Å². The minimum absolute atomic E-state index is 0.140. The second kappa shape index (κ2) is 8.79. The van der Waals surface area contributed by atoms with Gasteiger partial charge in [0.05, 0.1) is 28.8 Å². The molecule has 0 fully saturated rings. The van der Waals surface area contributed by atoms with E-state index in [0.29, 0.717) is 17.3 Å². The molecule has 5 rings (SSSR count). The normalized spacial score (nSPS) is 14.9. The highest BCUT2D eigenvalue weighted by atomic mass is 32.2. The smallest absolute Gasteiger partial charge is 0.237 e. The Kier molecular flexibility index (Phi) is 5.68. The number of amides is 1. The van der Waals surface area contributed by atoms with Crippen molar-refractivity contribution in [3.05, 3.63) is 112 Å². The lowest BCUT2D eigenvalue weighted by Crippen LogP contribution is -2.24. The van der Waals surface area contributed by atoms with Crippen LogP contribution in [0, 0.1) is 13.8 Å². The SMILES string of the molecule is Cc1cccc(-n2nc3c(c2NC(=O)C(c2ccccc2)c2ccccc2)CS(=O)C3)c1C. The highest BCUT2D eigenvalue weighted by Crippen LogP contribution is 2.34. The molecular formula is C27H25N3O2S. The van der Waals surface area contributed by atoms with Crippen LogP contribution in [0.1, 0.15) is 39.4 Å². The molecule has 1 aliphatic heterocycles. The number of anilines is 1. The van der Waals surface area contributed by atoms with Crippen LogP contribution in [0.5, 0.6) is 0 Å². The Labute approximate surface area is 195 Å². The number of rotatable bonds is 5. The van der Waals surface area contributed by atoms with Crippen LogP contribution >= 0.6 is 0 Å². The van der Waals surface area contributed by atoms with Crippen LogP contribution in [0.25, 0.3) is 5.69 Å². The average Bonchev–Trinajstić information content (AvgIpc) is 3.34. The van der Waals surface area contributed by atoms with Crippen LogP contribution in [0.3, 0.4) is 0 Å². The van der Waals surface area contributed by atoms with Crippen molar-refractivity contribution in [2.24, 2.45) is 0 Å². The Morgan fingerprint density at radius 2 is 1.55 bits per heavy atom. The van der Waals surface area contributed by atoms with Crippen molar-refractivity contribution in [3.63, 3.8) is 0 Å². The molecule has 1 N–H and O–H groups in total. The third-order valence-electron chi connectivity index (χ3n) is 6.24. The Morgan fingerprint density at radius 3 is 2.18 bits per heavy atom. The predicted octanol–water partition coefficient (Wildman–Crippen LogP) is 5.02. The summed E-state index contributed by atoms with van der Waals surface area (Å²) in [5.41, 5.74) is 6.65. The zero-order valence-corrected chi connectivity index (χ0v) is 19.4. The van der Waals surface area contributed by atoms with Gasteiger partial charge in [-0.25, -0.2) is 4.68 Å². The molecule has 5 nitrogen and oxygen atoms in total. The number of aromatic nitrogens is 2. The fourth-order valence-electron chi connectivity index (χ4n) is 4.37. The van der Waals surface area contributed by atoms with E-state index < -0.39 is 16.7 Å². The molecule has 0 aliphatic carbocycles. The highest BCUT2D eigenvalue weighted by Gasteiger charge is 2.31. The maximum Gasteiger partial charge on any atom is 0.237 e. The lowest BCUT2D eigenvalue weighted by Gasteiger charge is -2.20. The molecule has 0 saturated carbocycles. The van der Waals surface area contributed by atoms with E-state index in [1.807, 2.05) is 77.5 Å². The summed E-state index contributed by atoms with van der Waals surface area (Å²) in [6.45, 7) is 4.11. The minimum Gasteiger partial charge on any atom is -0.309 e. The van der Waals surface area contributed by atoms with Gasteiger partial charge in [0.2, 0.25) is 5.91 Å². The number of fused-ring (bicyclic) bond motifs is 1. The zero-order chi connectivity index (χ0) is 22.9. The van der Waals surface area contributed by atoms with Crippen LogP contribution in [0.2, 0.25) is 0 Å². The second-order valence-corrected chi connectivity index (χ2v) is 9.83.